The molecule has 186 valence electrons. The number of nitrogens with zero attached hydrogens (tertiary/aromatic N) is 2. The van der Waals surface area contributed by atoms with Gasteiger partial charge in [-0.3, -0.25) is 0 Å². The predicted molar refractivity (Wildman–Crippen MR) is 163 cm³/mol. The fourth-order valence-electron chi connectivity index (χ4n) is 6.67. The van der Waals surface area contributed by atoms with Gasteiger partial charge in [0.25, 0.3) is 0 Å². The van der Waals surface area contributed by atoms with Crippen LogP contribution in [0.3, 0.4) is 0 Å². The van der Waals surface area contributed by atoms with E-state index in [0.717, 1.165) is 0 Å². The molecular formula is C37H28N2. The monoisotopic (exact) mass is 500 g/mol. The number of benzene rings is 5. The lowest BCUT2D eigenvalue weighted by Gasteiger charge is -2.21. The van der Waals surface area contributed by atoms with Gasteiger partial charge in [0.1, 0.15) is 0 Å². The maximum Gasteiger partial charge on any atom is 0.0763 e. The lowest BCUT2D eigenvalue weighted by Crippen LogP contribution is -2.16. The van der Waals surface area contributed by atoms with Crippen LogP contribution in [-0.2, 0) is 5.41 Å². The molecular weight excluding hydrogens is 472 g/mol. The first-order valence-electron chi connectivity index (χ1n) is 13.6. The third-order valence-corrected chi connectivity index (χ3v) is 8.46. The minimum absolute atomic E-state index is 0.121. The van der Waals surface area contributed by atoms with Gasteiger partial charge in [-0.15, -0.1) is 0 Å². The van der Waals surface area contributed by atoms with Crippen LogP contribution in [0.15, 0.2) is 134 Å². The molecule has 0 bridgehead atoms. The summed E-state index contributed by atoms with van der Waals surface area (Å²) >= 11 is 0. The molecule has 0 fully saturated rings. The molecule has 2 heteroatoms. The van der Waals surface area contributed by atoms with Crippen LogP contribution < -0.4 is 0 Å². The van der Waals surface area contributed by atoms with Crippen molar-refractivity contribution in [2.24, 2.45) is 0 Å². The molecule has 0 atom stereocenters. The molecule has 1 aliphatic rings. The highest BCUT2D eigenvalue weighted by molar-refractivity contribution is 6.11. The summed E-state index contributed by atoms with van der Waals surface area (Å²) in [7, 11) is 0. The van der Waals surface area contributed by atoms with Crippen molar-refractivity contribution in [3.63, 3.8) is 0 Å². The van der Waals surface area contributed by atoms with E-state index in [1.165, 1.54) is 66.7 Å². The molecule has 0 unspecified atom stereocenters. The van der Waals surface area contributed by atoms with Crippen molar-refractivity contribution in [1.82, 2.24) is 9.13 Å². The Morgan fingerprint density at radius 2 is 1.13 bits per heavy atom. The molecule has 5 aromatic carbocycles. The van der Waals surface area contributed by atoms with Crippen LogP contribution in [0.4, 0.5) is 0 Å². The molecule has 0 radical (unpaired) electrons. The number of rotatable bonds is 3. The van der Waals surface area contributed by atoms with Gasteiger partial charge in [-0.05, 0) is 58.1 Å². The minimum Gasteiger partial charge on any atom is -0.317 e. The van der Waals surface area contributed by atoms with Gasteiger partial charge < -0.3 is 9.13 Å². The Hall–Kier alpha value is -4.82. The van der Waals surface area contributed by atoms with Crippen LogP contribution in [0, 0.1) is 0 Å². The zero-order valence-corrected chi connectivity index (χ0v) is 22.1. The molecule has 3 heterocycles. The van der Waals surface area contributed by atoms with Gasteiger partial charge in [0.15, 0.2) is 0 Å². The average molecular weight is 501 g/mol. The molecule has 0 saturated carbocycles. The largest absolute Gasteiger partial charge is 0.317 e. The summed E-state index contributed by atoms with van der Waals surface area (Å²) in [5.74, 6) is 0. The van der Waals surface area contributed by atoms with Crippen molar-refractivity contribution in [3.05, 3.63) is 145 Å². The Morgan fingerprint density at radius 1 is 0.538 bits per heavy atom. The lowest BCUT2D eigenvalue weighted by molar-refractivity contribution is 0.646. The van der Waals surface area contributed by atoms with Gasteiger partial charge in [0.2, 0.25) is 0 Å². The van der Waals surface area contributed by atoms with Crippen LogP contribution in [0.1, 0.15) is 25.1 Å². The number of fused-ring (bicyclic) bond motifs is 7. The maximum atomic E-state index is 2.50. The van der Waals surface area contributed by atoms with E-state index in [1.807, 2.05) is 0 Å². The second-order valence-electron chi connectivity index (χ2n) is 11.1. The molecule has 0 spiro atoms. The predicted octanol–water partition coefficient (Wildman–Crippen LogP) is 9.55. The zero-order valence-electron chi connectivity index (χ0n) is 22.1. The van der Waals surface area contributed by atoms with Gasteiger partial charge in [-0.25, -0.2) is 0 Å². The van der Waals surface area contributed by atoms with Crippen LogP contribution >= 0.6 is 0 Å². The third-order valence-electron chi connectivity index (χ3n) is 8.46. The van der Waals surface area contributed by atoms with E-state index in [4.69, 9.17) is 0 Å². The van der Waals surface area contributed by atoms with E-state index in [9.17, 15) is 0 Å². The van der Waals surface area contributed by atoms with Crippen molar-refractivity contribution < 1.29 is 0 Å². The summed E-state index contributed by atoms with van der Waals surface area (Å²) in [6.45, 7) is 4.73. The summed E-state index contributed by atoms with van der Waals surface area (Å²) in [6.07, 6.45) is 2.36. The number of hydrogen-bond acceptors (Lipinski definition) is 0. The molecule has 0 saturated heterocycles. The maximum absolute atomic E-state index is 2.50. The Kier molecular flexibility index (Phi) is 4.60. The van der Waals surface area contributed by atoms with Crippen LogP contribution in [0.25, 0.3) is 55.4 Å². The topological polar surface area (TPSA) is 9.86 Å². The van der Waals surface area contributed by atoms with Crippen molar-refractivity contribution in [2.45, 2.75) is 19.3 Å². The van der Waals surface area contributed by atoms with E-state index in [-0.39, 0.29) is 5.41 Å². The zero-order chi connectivity index (χ0) is 26.1. The van der Waals surface area contributed by atoms with Crippen LogP contribution in [0.2, 0.25) is 0 Å². The van der Waals surface area contributed by atoms with Crippen molar-refractivity contribution in [3.8, 4) is 33.6 Å². The fraction of sp³-hybridized carbons (Fsp3) is 0.0811. The molecule has 39 heavy (non-hydrogen) atoms. The molecule has 0 amide bonds. The fourth-order valence-corrected chi connectivity index (χ4v) is 6.67. The second-order valence-corrected chi connectivity index (χ2v) is 11.1. The summed E-state index contributed by atoms with van der Waals surface area (Å²) in [4.78, 5) is 0. The van der Waals surface area contributed by atoms with Crippen molar-refractivity contribution in [1.29, 1.82) is 0 Å². The minimum atomic E-state index is -0.121. The van der Waals surface area contributed by atoms with Crippen LogP contribution in [-0.4, -0.2) is 9.13 Å². The Bertz CT molecular complexity index is 1960. The van der Waals surface area contributed by atoms with Crippen LogP contribution in [0.5, 0.6) is 0 Å². The summed E-state index contributed by atoms with van der Waals surface area (Å²) in [5.41, 5.74) is 12.5. The first-order valence-corrected chi connectivity index (χ1v) is 13.6. The molecule has 0 aliphatic carbocycles. The molecule has 0 N–H and O–H groups in total. The number of para-hydroxylation sites is 2. The SMILES string of the molecule is CC1(C)c2ccccc2-n2cc3c4ccccc4n(-c4cc(-c5ccccc5)cc(-c5ccccc5)c4)c3c21. The van der Waals surface area contributed by atoms with Gasteiger partial charge in [0, 0.05) is 33.8 Å². The first-order chi connectivity index (χ1) is 19.1. The number of aromatic nitrogens is 2. The first kappa shape index (κ1) is 22.2. The van der Waals surface area contributed by atoms with E-state index < -0.39 is 0 Å². The molecule has 8 rings (SSSR count). The standard InChI is InChI=1S/C37H28N2/c1-37(2)32-18-10-12-20-34(32)38-24-31-30-17-9-11-19-33(30)39(35(31)36(37)38)29-22-27(25-13-5-3-6-14-25)21-28(23-29)26-15-7-4-8-16-26/h3-24H,1-2H3. The normalized spacial score (nSPS) is 13.6. The molecule has 1 aliphatic heterocycles. The van der Waals surface area contributed by atoms with E-state index >= 15 is 0 Å². The van der Waals surface area contributed by atoms with E-state index in [2.05, 4.69) is 157 Å². The molecule has 2 nitrogen and oxygen atoms in total. The van der Waals surface area contributed by atoms with Gasteiger partial charge in [-0.1, -0.05) is 111 Å². The lowest BCUT2D eigenvalue weighted by atomic mass is 9.83. The summed E-state index contributed by atoms with van der Waals surface area (Å²) in [6, 6.07) is 46.2. The highest BCUT2D eigenvalue weighted by Crippen LogP contribution is 2.49. The van der Waals surface area contributed by atoms with Gasteiger partial charge in [0.05, 0.1) is 16.7 Å². The van der Waals surface area contributed by atoms with Crippen molar-refractivity contribution >= 4 is 21.8 Å². The third kappa shape index (κ3) is 3.15. The Morgan fingerprint density at radius 3 is 1.82 bits per heavy atom. The smallest absolute Gasteiger partial charge is 0.0763 e. The quantitative estimate of drug-likeness (QED) is 0.229. The van der Waals surface area contributed by atoms with E-state index in [0.29, 0.717) is 0 Å². The highest BCUT2D eigenvalue weighted by Gasteiger charge is 2.39. The summed E-state index contributed by atoms with van der Waals surface area (Å²) < 4.78 is 4.94. The van der Waals surface area contributed by atoms with Gasteiger partial charge >= 0.3 is 0 Å². The molecule has 7 aromatic rings. The Labute approximate surface area is 228 Å². The van der Waals surface area contributed by atoms with Gasteiger partial charge in [-0.2, -0.15) is 0 Å². The number of hydrogen-bond donors (Lipinski definition) is 0. The highest BCUT2D eigenvalue weighted by atomic mass is 15.1. The van der Waals surface area contributed by atoms with Crippen molar-refractivity contribution in [2.75, 3.05) is 0 Å². The second kappa shape index (κ2) is 8.09. The van der Waals surface area contributed by atoms with E-state index in [1.54, 1.807) is 0 Å². The molecule has 2 aromatic heterocycles. The summed E-state index contributed by atoms with van der Waals surface area (Å²) in [5, 5.41) is 2.59. The Balaban J connectivity index is 1.49. The average Bonchev–Trinajstić information content (AvgIpc) is 3.59.